The summed E-state index contributed by atoms with van der Waals surface area (Å²) in [6.45, 7) is 3.57. The molecule has 0 radical (unpaired) electrons. The summed E-state index contributed by atoms with van der Waals surface area (Å²) in [6, 6.07) is 71.9. The highest BCUT2D eigenvalue weighted by molar-refractivity contribution is 5.82. The average Bonchev–Trinajstić information content (AvgIpc) is 3.26. The van der Waals surface area contributed by atoms with Crippen molar-refractivity contribution in [3.63, 3.8) is 0 Å². The fourth-order valence-corrected chi connectivity index (χ4v) is 7.17. The smallest absolute Gasteiger partial charge is 0.0761 e. The molecule has 0 fully saturated rings. The van der Waals surface area contributed by atoms with Crippen LogP contribution in [-0.4, -0.2) is 10.2 Å². The van der Waals surface area contributed by atoms with Crippen LogP contribution in [0.1, 0.15) is 37.2 Å². The van der Waals surface area contributed by atoms with Gasteiger partial charge in [-0.3, -0.25) is 0 Å². The van der Waals surface area contributed by atoms with Crippen LogP contribution in [-0.2, 0) is 0 Å². The lowest BCUT2D eigenvalue weighted by atomic mass is 10.0. The van der Waals surface area contributed by atoms with Gasteiger partial charge in [-0.1, -0.05) is 133 Å². The molecule has 0 aliphatic rings. The van der Waals surface area contributed by atoms with Gasteiger partial charge in [0, 0.05) is 34.1 Å². The minimum atomic E-state index is -0.482. The van der Waals surface area contributed by atoms with Crippen LogP contribution in [0.25, 0.3) is 33.4 Å². The molecule has 8 rings (SSSR count). The van der Waals surface area contributed by atoms with Crippen molar-refractivity contribution in [3.8, 4) is 33.4 Å². The molecule has 8 aromatic carbocycles. The van der Waals surface area contributed by atoms with Gasteiger partial charge in [0.15, 0.2) is 0 Å². The molecule has 0 saturated heterocycles. The molecule has 4 nitrogen and oxygen atoms in total. The second-order valence-corrected chi connectivity index (χ2v) is 14.1. The molecule has 0 heterocycles. The Hall–Kier alpha value is -6.72. The van der Waals surface area contributed by atoms with E-state index in [1.165, 1.54) is 0 Å². The van der Waals surface area contributed by atoms with Gasteiger partial charge in [0.2, 0.25) is 0 Å². The van der Waals surface area contributed by atoms with Gasteiger partial charge in [-0.15, -0.1) is 0 Å². The molecule has 56 heavy (non-hydrogen) atoms. The fraction of sp³-hybridized carbons (Fsp3) is 0.0769. The number of hydrogen-bond donors (Lipinski definition) is 2. The first kappa shape index (κ1) is 36.3. The third-order valence-corrected chi connectivity index (χ3v) is 10.3. The largest absolute Gasteiger partial charge is 0.389 e. The number of nitrogens with zero attached hydrogens (tertiary/aromatic N) is 2. The molecule has 2 N–H and O–H groups in total. The van der Waals surface area contributed by atoms with Gasteiger partial charge >= 0.3 is 0 Å². The van der Waals surface area contributed by atoms with E-state index in [1.807, 2.05) is 36.4 Å². The average molecular weight is 729 g/mol. The van der Waals surface area contributed by atoms with Crippen molar-refractivity contribution in [2.75, 3.05) is 9.80 Å². The maximum absolute atomic E-state index is 9.93. The molecular formula is C52H44N2O2. The zero-order chi connectivity index (χ0) is 38.4. The predicted molar refractivity (Wildman–Crippen MR) is 233 cm³/mol. The van der Waals surface area contributed by atoms with E-state index < -0.39 is 12.2 Å². The van der Waals surface area contributed by atoms with Gasteiger partial charge in [0.1, 0.15) is 0 Å². The predicted octanol–water partition coefficient (Wildman–Crippen LogP) is 13.7. The Morgan fingerprint density at radius 2 is 0.464 bits per heavy atom. The molecule has 0 amide bonds. The van der Waals surface area contributed by atoms with Crippen molar-refractivity contribution < 1.29 is 10.2 Å². The highest BCUT2D eigenvalue weighted by Crippen LogP contribution is 2.39. The van der Waals surface area contributed by atoms with Crippen LogP contribution in [0.2, 0.25) is 0 Å². The molecule has 8 aromatic rings. The quantitative estimate of drug-likeness (QED) is 0.139. The molecule has 0 saturated carbocycles. The van der Waals surface area contributed by atoms with E-state index in [0.29, 0.717) is 0 Å². The Balaban J connectivity index is 1.05. The van der Waals surface area contributed by atoms with Crippen LogP contribution < -0.4 is 9.80 Å². The lowest BCUT2D eigenvalue weighted by Gasteiger charge is -2.26. The number of rotatable bonds is 11. The SMILES string of the molecule is CC(O)c1ccc(-c2ccc(N(c3ccccc3)c3ccc(-c4ccc(N(c5ccccc5)c5ccc(-c6ccc(C(C)O)cc6)cc5)cc4)cc3)cc2)cc1. The first-order chi connectivity index (χ1) is 27.4. The highest BCUT2D eigenvalue weighted by Gasteiger charge is 2.15. The third-order valence-electron chi connectivity index (χ3n) is 10.3. The molecule has 0 aliphatic carbocycles. The first-order valence-electron chi connectivity index (χ1n) is 19.1. The maximum atomic E-state index is 9.93. The van der Waals surface area contributed by atoms with Crippen LogP contribution in [0.3, 0.4) is 0 Å². The van der Waals surface area contributed by atoms with E-state index >= 15 is 0 Å². The second-order valence-electron chi connectivity index (χ2n) is 14.1. The molecular weight excluding hydrogens is 685 g/mol. The fourth-order valence-electron chi connectivity index (χ4n) is 7.17. The summed E-state index contributed by atoms with van der Waals surface area (Å²) in [5.41, 5.74) is 15.0. The van der Waals surface area contributed by atoms with Gasteiger partial charge in [0.05, 0.1) is 12.2 Å². The lowest BCUT2D eigenvalue weighted by Crippen LogP contribution is -2.10. The molecule has 0 aliphatic heterocycles. The molecule has 2 atom stereocenters. The number of anilines is 6. The van der Waals surface area contributed by atoms with E-state index in [-0.39, 0.29) is 0 Å². The minimum absolute atomic E-state index is 0.482. The van der Waals surface area contributed by atoms with E-state index in [9.17, 15) is 10.2 Å². The van der Waals surface area contributed by atoms with E-state index in [0.717, 1.165) is 78.6 Å². The second kappa shape index (κ2) is 16.3. The zero-order valence-electron chi connectivity index (χ0n) is 31.6. The third kappa shape index (κ3) is 7.89. The van der Waals surface area contributed by atoms with Crippen molar-refractivity contribution >= 4 is 34.1 Å². The van der Waals surface area contributed by atoms with Crippen LogP contribution in [0.5, 0.6) is 0 Å². The summed E-state index contributed by atoms with van der Waals surface area (Å²) in [5, 5.41) is 19.9. The topological polar surface area (TPSA) is 46.9 Å². The van der Waals surface area contributed by atoms with Crippen LogP contribution in [0, 0.1) is 0 Å². The number of aliphatic hydroxyl groups excluding tert-OH is 2. The molecule has 4 heteroatoms. The normalized spacial score (nSPS) is 12.1. The van der Waals surface area contributed by atoms with Crippen molar-refractivity contribution in [2.24, 2.45) is 0 Å². The van der Waals surface area contributed by atoms with Crippen molar-refractivity contribution in [2.45, 2.75) is 26.1 Å². The number of aliphatic hydroxyl groups is 2. The van der Waals surface area contributed by atoms with E-state index in [4.69, 9.17) is 0 Å². The van der Waals surface area contributed by atoms with Crippen LogP contribution >= 0.6 is 0 Å². The number of benzene rings is 8. The minimum Gasteiger partial charge on any atom is -0.389 e. The zero-order valence-corrected chi connectivity index (χ0v) is 31.6. The van der Waals surface area contributed by atoms with Gasteiger partial charge < -0.3 is 20.0 Å². The van der Waals surface area contributed by atoms with Crippen LogP contribution in [0.4, 0.5) is 34.1 Å². The number of hydrogen-bond acceptors (Lipinski definition) is 4. The number of para-hydroxylation sites is 2. The Morgan fingerprint density at radius 3 is 0.679 bits per heavy atom. The Kier molecular flexibility index (Phi) is 10.6. The van der Waals surface area contributed by atoms with E-state index in [2.05, 4.69) is 180 Å². The van der Waals surface area contributed by atoms with Gasteiger partial charge in [-0.25, -0.2) is 0 Å². The standard InChI is InChI=1S/C52H44N2O2/c1-37(55)39-13-17-41(18-14-39)43-21-29-49(30-22-43)53(47-9-5-3-6-10-47)51-33-25-45(26-34-51)46-27-35-52(36-28-46)54(48-11-7-4-8-12-48)50-31-23-44(24-32-50)42-19-15-40(16-20-42)38(2)56/h3-38,55-56H,1-2H3. The van der Waals surface area contributed by atoms with Gasteiger partial charge in [0.25, 0.3) is 0 Å². The monoisotopic (exact) mass is 728 g/mol. The van der Waals surface area contributed by atoms with Crippen molar-refractivity contribution in [1.82, 2.24) is 0 Å². The van der Waals surface area contributed by atoms with Crippen molar-refractivity contribution in [3.05, 3.63) is 217 Å². The molecule has 2 unspecified atom stereocenters. The summed E-state index contributed by atoms with van der Waals surface area (Å²) < 4.78 is 0. The summed E-state index contributed by atoms with van der Waals surface area (Å²) in [4.78, 5) is 4.56. The molecule has 274 valence electrons. The Bertz CT molecular complexity index is 2280. The summed E-state index contributed by atoms with van der Waals surface area (Å²) >= 11 is 0. The lowest BCUT2D eigenvalue weighted by molar-refractivity contribution is 0.199. The summed E-state index contributed by atoms with van der Waals surface area (Å²) in [7, 11) is 0. The Labute approximate surface area is 329 Å². The van der Waals surface area contributed by atoms with Gasteiger partial charge in [-0.2, -0.15) is 0 Å². The molecule has 0 aromatic heterocycles. The first-order valence-corrected chi connectivity index (χ1v) is 19.1. The van der Waals surface area contributed by atoms with Gasteiger partial charge in [-0.05, 0) is 131 Å². The van der Waals surface area contributed by atoms with Crippen LogP contribution in [0.15, 0.2) is 206 Å². The molecule has 0 spiro atoms. The summed E-state index contributed by atoms with van der Waals surface area (Å²) in [5.74, 6) is 0. The van der Waals surface area contributed by atoms with E-state index in [1.54, 1.807) is 13.8 Å². The summed E-state index contributed by atoms with van der Waals surface area (Å²) in [6.07, 6.45) is -0.964. The maximum Gasteiger partial charge on any atom is 0.0761 e. The highest BCUT2D eigenvalue weighted by atomic mass is 16.3. The van der Waals surface area contributed by atoms with Crippen molar-refractivity contribution in [1.29, 1.82) is 0 Å². The Morgan fingerprint density at radius 1 is 0.268 bits per heavy atom. The molecule has 0 bridgehead atoms.